The fourth-order valence-corrected chi connectivity index (χ4v) is 1.17. The van der Waals surface area contributed by atoms with Gasteiger partial charge in [0.2, 0.25) is 0 Å². The van der Waals surface area contributed by atoms with Crippen molar-refractivity contribution in [2.45, 2.75) is 6.92 Å². The maximum absolute atomic E-state index is 10.3. The zero-order chi connectivity index (χ0) is 9.14. The van der Waals surface area contributed by atoms with E-state index >= 15 is 0 Å². The highest BCUT2D eigenvalue weighted by Crippen LogP contribution is 2.16. The van der Waals surface area contributed by atoms with Gasteiger partial charge >= 0.3 is 0 Å². The van der Waals surface area contributed by atoms with E-state index in [0.29, 0.717) is 11.4 Å². The maximum atomic E-state index is 10.3. The SMILES string of the molecule is Cc1cc(NS(=O)O)ccc1N. The Kier molecular flexibility index (Phi) is 2.67. The largest absolute Gasteiger partial charge is 0.399 e. The number of benzene rings is 1. The lowest BCUT2D eigenvalue weighted by molar-refractivity contribution is 0.570. The van der Waals surface area contributed by atoms with Gasteiger partial charge in [0.15, 0.2) is 0 Å². The van der Waals surface area contributed by atoms with Gasteiger partial charge in [-0.05, 0) is 30.7 Å². The van der Waals surface area contributed by atoms with Crippen LogP contribution in [0.15, 0.2) is 18.2 Å². The van der Waals surface area contributed by atoms with Gasteiger partial charge in [0.1, 0.15) is 0 Å². The third kappa shape index (κ3) is 2.21. The second-order valence-electron chi connectivity index (χ2n) is 2.42. The summed E-state index contributed by atoms with van der Waals surface area (Å²) < 4.78 is 21.2. The summed E-state index contributed by atoms with van der Waals surface area (Å²) in [6.07, 6.45) is 0. The molecule has 4 N–H and O–H groups in total. The summed E-state index contributed by atoms with van der Waals surface area (Å²) >= 11 is -2.02. The smallest absolute Gasteiger partial charge is 0.259 e. The fraction of sp³-hybridized carbons (Fsp3) is 0.143. The van der Waals surface area contributed by atoms with Gasteiger partial charge in [0.05, 0.1) is 0 Å². The zero-order valence-electron chi connectivity index (χ0n) is 6.57. The molecular formula is C7H10N2O2S. The standard InChI is InChI=1S/C7H10N2O2S/c1-5-4-6(9-12(10)11)2-3-7(5)8/h2-4,9H,8H2,1H3,(H,10,11). The molecule has 0 heterocycles. The van der Waals surface area contributed by atoms with Crippen molar-refractivity contribution < 1.29 is 8.76 Å². The van der Waals surface area contributed by atoms with Crippen LogP contribution < -0.4 is 10.5 Å². The average Bonchev–Trinajstić information content (AvgIpc) is 1.96. The monoisotopic (exact) mass is 186 g/mol. The molecule has 1 aromatic carbocycles. The first kappa shape index (κ1) is 9.02. The molecule has 0 aromatic heterocycles. The highest BCUT2D eigenvalue weighted by molar-refractivity contribution is 7.80. The van der Waals surface area contributed by atoms with Crippen LogP contribution in [-0.4, -0.2) is 8.76 Å². The van der Waals surface area contributed by atoms with Gasteiger partial charge in [-0.2, -0.15) is 0 Å². The van der Waals surface area contributed by atoms with Crippen molar-refractivity contribution in [1.29, 1.82) is 0 Å². The molecule has 1 atom stereocenters. The van der Waals surface area contributed by atoms with E-state index in [2.05, 4.69) is 4.72 Å². The minimum atomic E-state index is -2.02. The highest BCUT2D eigenvalue weighted by atomic mass is 32.2. The molecule has 0 aliphatic heterocycles. The Bertz CT molecular complexity index is 314. The van der Waals surface area contributed by atoms with Gasteiger partial charge in [0.25, 0.3) is 11.3 Å². The molecule has 0 radical (unpaired) electrons. The van der Waals surface area contributed by atoms with E-state index in [1.807, 2.05) is 6.92 Å². The van der Waals surface area contributed by atoms with E-state index in [0.717, 1.165) is 5.56 Å². The molecule has 12 heavy (non-hydrogen) atoms. The molecule has 4 nitrogen and oxygen atoms in total. The molecule has 0 fully saturated rings. The maximum Gasteiger partial charge on any atom is 0.259 e. The Balaban J connectivity index is 2.89. The first-order valence-corrected chi connectivity index (χ1v) is 4.44. The molecule has 1 aromatic rings. The lowest BCUT2D eigenvalue weighted by atomic mass is 10.2. The summed E-state index contributed by atoms with van der Waals surface area (Å²) in [6.45, 7) is 1.83. The normalized spacial score (nSPS) is 12.5. The van der Waals surface area contributed by atoms with E-state index in [1.54, 1.807) is 18.2 Å². The number of nitrogens with two attached hydrogens (primary N) is 1. The number of rotatable bonds is 2. The topological polar surface area (TPSA) is 75.3 Å². The predicted octanol–water partition coefficient (Wildman–Crippen LogP) is 1.13. The van der Waals surface area contributed by atoms with Crippen LogP contribution in [0.5, 0.6) is 0 Å². The third-order valence-electron chi connectivity index (χ3n) is 1.47. The number of aryl methyl sites for hydroxylation is 1. The molecule has 0 amide bonds. The molecule has 5 heteroatoms. The molecule has 0 aliphatic carbocycles. The quantitative estimate of drug-likeness (QED) is 0.478. The third-order valence-corrected chi connectivity index (χ3v) is 1.89. The number of hydrogen-bond acceptors (Lipinski definition) is 2. The van der Waals surface area contributed by atoms with Crippen molar-refractivity contribution >= 4 is 22.6 Å². The molecule has 0 spiro atoms. The summed E-state index contributed by atoms with van der Waals surface area (Å²) in [4.78, 5) is 0. The van der Waals surface area contributed by atoms with Crippen LogP contribution in [0, 0.1) is 6.92 Å². The Hall–Kier alpha value is -1.07. The summed E-state index contributed by atoms with van der Waals surface area (Å²) in [5.41, 5.74) is 7.69. The number of anilines is 2. The minimum Gasteiger partial charge on any atom is -0.399 e. The number of hydrogen-bond donors (Lipinski definition) is 3. The Morgan fingerprint density at radius 1 is 1.58 bits per heavy atom. The molecule has 0 saturated heterocycles. The summed E-state index contributed by atoms with van der Waals surface area (Å²) in [5.74, 6) is 0. The zero-order valence-corrected chi connectivity index (χ0v) is 7.39. The molecule has 66 valence electrons. The van der Waals surface area contributed by atoms with Crippen LogP contribution in [0.4, 0.5) is 11.4 Å². The Morgan fingerprint density at radius 2 is 2.25 bits per heavy atom. The molecule has 1 unspecified atom stereocenters. The van der Waals surface area contributed by atoms with Gasteiger partial charge < -0.3 is 5.73 Å². The van der Waals surface area contributed by atoms with Crippen molar-refractivity contribution in [3.8, 4) is 0 Å². The van der Waals surface area contributed by atoms with Crippen molar-refractivity contribution in [3.05, 3.63) is 23.8 Å². The van der Waals surface area contributed by atoms with Crippen LogP contribution in [0.25, 0.3) is 0 Å². The fourth-order valence-electron chi connectivity index (χ4n) is 0.840. The van der Waals surface area contributed by atoms with Crippen LogP contribution in [-0.2, 0) is 11.3 Å². The van der Waals surface area contributed by atoms with Crippen molar-refractivity contribution in [2.24, 2.45) is 0 Å². The van der Waals surface area contributed by atoms with E-state index in [9.17, 15) is 4.21 Å². The predicted molar refractivity (Wildman–Crippen MR) is 50.0 cm³/mol. The highest BCUT2D eigenvalue weighted by Gasteiger charge is 1.97. The molecule has 1 rings (SSSR count). The molecule has 0 bridgehead atoms. The lowest BCUT2D eigenvalue weighted by Crippen LogP contribution is -2.02. The van der Waals surface area contributed by atoms with Crippen molar-refractivity contribution in [1.82, 2.24) is 0 Å². The summed E-state index contributed by atoms with van der Waals surface area (Å²) in [5, 5.41) is 0. The molecule has 0 saturated carbocycles. The van der Waals surface area contributed by atoms with E-state index < -0.39 is 11.3 Å². The van der Waals surface area contributed by atoms with Crippen LogP contribution >= 0.6 is 0 Å². The van der Waals surface area contributed by atoms with Crippen molar-refractivity contribution in [3.63, 3.8) is 0 Å². The molecule has 0 aliphatic rings. The van der Waals surface area contributed by atoms with Crippen LogP contribution in [0.3, 0.4) is 0 Å². The van der Waals surface area contributed by atoms with Gasteiger partial charge in [-0.15, -0.1) is 0 Å². The first-order chi connectivity index (χ1) is 5.59. The Morgan fingerprint density at radius 3 is 2.75 bits per heavy atom. The molecular weight excluding hydrogens is 176 g/mol. The van der Waals surface area contributed by atoms with Crippen LogP contribution in [0.2, 0.25) is 0 Å². The second kappa shape index (κ2) is 3.55. The van der Waals surface area contributed by atoms with Gasteiger partial charge in [-0.25, -0.2) is 4.21 Å². The lowest BCUT2D eigenvalue weighted by Gasteiger charge is -2.03. The summed E-state index contributed by atoms with van der Waals surface area (Å²) in [6, 6.07) is 5.05. The van der Waals surface area contributed by atoms with E-state index in [4.69, 9.17) is 10.3 Å². The van der Waals surface area contributed by atoms with Gasteiger partial charge in [0, 0.05) is 11.4 Å². The minimum absolute atomic E-state index is 0.586. The van der Waals surface area contributed by atoms with E-state index in [-0.39, 0.29) is 0 Å². The van der Waals surface area contributed by atoms with Gasteiger partial charge in [-0.3, -0.25) is 9.27 Å². The average molecular weight is 186 g/mol. The van der Waals surface area contributed by atoms with Crippen molar-refractivity contribution in [2.75, 3.05) is 10.5 Å². The van der Waals surface area contributed by atoms with Gasteiger partial charge in [-0.1, -0.05) is 0 Å². The second-order valence-corrected chi connectivity index (χ2v) is 3.13. The first-order valence-electron chi connectivity index (χ1n) is 3.33. The van der Waals surface area contributed by atoms with Crippen LogP contribution in [0.1, 0.15) is 5.56 Å². The Labute approximate surface area is 73.2 Å². The van der Waals surface area contributed by atoms with E-state index in [1.165, 1.54) is 0 Å². The number of nitrogens with one attached hydrogen (secondary N) is 1. The summed E-state index contributed by atoms with van der Waals surface area (Å²) in [7, 11) is 0. The number of nitrogen functional groups attached to an aromatic ring is 1.